The van der Waals surface area contributed by atoms with Gasteiger partial charge in [0.25, 0.3) is 0 Å². The summed E-state index contributed by atoms with van der Waals surface area (Å²) in [5.74, 6) is 0. The standard InChI is InChI=1S/C19H32N2/c1-5-17(20)18(16-10-8-7-9-15(16)3)21-13-11-19(4,6-2)12-14-21/h7-10,17-18H,5-6,11-14,20H2,1-4H3. The number of likely N-dealkylation sites (tertiary alicyclic amines) is 1. The minimum Gasteiger partial charge on any atom is -0.326 e. The second-order valence-electron chi connectivity index (χ2n) is 7.07. The highest BCUT2D eigenvalue weighted by molar-refractivity contribution is 5.30. The number of hydrogen-bond acceptors (Lipinski definition) is 2. The van der Waals surface area contributed by atoms with E-state index >= 15 is 0 Å². The molecule has 1 heterocycles. The third kappa shape index (κ3) is 3.67. The van der Waals surface area contributed by atoms with E-state index < -0.39 is 0 Å². The maximum atomic E-state index is 6.51. The van der Waals surface area contributed by atoms with Crippen molar-refractivity contribution in [2.75, 3.05) is 13.1 Å². The Bertz CT molecular complexity index is 447. The molecule has 2 nitrogen and oxygen atoms in total. The van der Waals surface area contributed by atoms with Gasteiger partial charge in [0.15, 0.2) is 0 Å². The van der Waals surface area contributed by atoms with Gasteiger partial charge in [0.1, 0.15) is 0 Å². The van der Waals surface area contributed by atoms with Crippen LogP contribution in [0.25, 0.3) is 0 Å². The van der Waals surface area contributed by atoms with Crippen LogP contribution in [0.15, 0.2) is 24.3 Å². The second-order valence-corrected chi connectivity index (χ2v) is 7.07. The molecule has 118 valence electrons. The summed E-state index contributed by atoms with van der Waals surface area (Å²) < 4.78 is 0. The molecular formula is C19H32N2. The number of hydrogen-bond donors (Lipinski definition) is 1. The summed E-state index contributed by atoms with van der Waals surface area (Å²) in [5, 5.41) is 0. The van der Waals surface area contributed by atoms with E-state index in [-0.39, 0.29) is 6.04 Å². The lowest BCUT2D eigenvalue weighted by molar-refractivity contribution is 0.0690. The van der Waals surface area contributed by atoms with E-state index in [9.17, 15) is 0 Å². The van der Waals surface area contributed by atoms with Crippen LogP contribution in [0.4, 0.5) is 0 Å². The second kappa shape index (κ2) is 6.93. The fourth-order valence-corrected chi connectivity index (χ4v) is 3.54. The van der Waals surface area contributed by atoms with Crippen molar-refractivity contribution >= 4 is 0 Å². The Hall–Kier alpha value is -0.860. The highest BCUT2D eigenvalue weighted by Crippen LogP contribution is 2.38. The Morgan fingerprint density at radius 2 is 1.81 bits per heavy atom. The van der Waals surface area contributed by atoms with Crippen LogP contribution in [-0.2, 0) is 0 Å². The van der Waals surface area contributed by atoms with Crippen LogP contribution in [0.1, 0.15) is 63.6 Å². The van der Waals surface area contributed by atoms with Gasteiger partial charge in [-0.25, -0.2) is 0 Å². The number of aryl methyl sites for hydroxylation is 1. The molecule has 21 heavy (non-hydrogen) atoms. The quantitative estimate of drug-likeness (QED) is 0.876. The first-order valence-electron chi connectivity index (χ1n) is 8.56. The van der Waals surface area contributed by atoms with Gasteiger partial charge >= 0.3 is 0 Å². The van der Waals surface area contributed by atoms with E-state index in [1.807, 2.05) is 0 Å². The van der Waals surface area contributed by atoms with Crippen molar-refractivity contribution in [2.24, 2.45) is 11.1 Å². The van der Waals surface area contributed by atoms with Gasteiger partial charge in [-0.1, -0.05) is 51.5 Å². The molecule has 0 amide bonds. The molecule has 0 aromatic heterocycles. The third-order valence-corrected chi connectivity index (χ3v) is 5.64. The fraction of sp³-hybridized carbons (Fsp3) is 0.684. The first kappa shape index (κ1) is 16.5. The largest absolute Gasteiger partial charge is 0.326 e. The molecule has 1 aliphatic rings. The average Bonchev–Trinajstić information content (AvgIpc) is 2.51. The molecule has 2 N–H and O–H groups in total. The first-order chi connectivity index (χ1) is 10.0. The summed E-state index contributed by atoms with van der Waals surface area (Å²) in [4.78, 5) is 2.63. The molecule has 2 heteroatoms. The van der Waals surface area contributed by atoms with Crippen LogP contribution >= 0.6 is 0 Å². The highest BCUT2D eigenvalue weighted by atomic mass is 15.2. The van der Waals surface area contributed by atoms with Gasteiger partial charge in [-0.05, 0) is 55.8 Å². The van der Waals surface area contributed by atoms with Gasteiger partial charge in [0.2, 0.25) is 0 Å². The number of nitrogens with zero attached hydrogens (tertiary/aromatic N) is 1. The molecule has 1 aromatic carbocycles. The molecule has 2 unspecified atom stereocenters. The van der Waals surface area contributed by atoms with E-state index in [1.54, 1.807) is 0 Å². The maximum Gasteiger partial charge on any atom is 0.0501 e. The highest BCUT2D eigenvalue weighted by Gasteiger charge is 2.34. The van der Waals surface area contributed by atoms with Gasteiger partial charge < -0.3 is 5.73 Å². The van der Waals surface area contributed by atoms with Crippen molar-refractivity contribution in [3.05, 3.63) is 35.4 Å². The summed E-state index contributed by atoms with van der Waals surface area (Å²) in [5.41, 5.74) is 9.83. The van der Waals surface area contributed by atoms with E-state index in [1.165, 1.54) is 43.5 Å². The topological polar surface area (TPSA) is 29.3 Å². The summed E-state index contributed by atoms with van der Waals surface area (Å²) in [6.07, 6.45) is 4.90. The Labute approximate surface area is 130 Å². The molecule has 1 fully saturated rings. The van der Waals surface area contributed by atoms with Gasteiger partial charge in [-0.2, -0.15) is 0 Å². The summed E-state index contributed by atoms with van der Waals surface area (Å²) in [6, 6.07) is 9.35. The van der Waals surface area contributed by atoms with Crippen LogP contribution in [0.5, 0.6) is 0 Å². The van der Waals surface area contributed by atoms with Crippen molar-refractivity contribution in [1.82, 2.24) is 4.90 Å². The lowest BCUT2D eigenvalue weighted by Crippen LogP contribution is -2.46. The Morgan fingerprint density at radius 1 is 1.19 bits per heavy atom. The lowest BCUT2D eigenvalue weighted by Gasteiger charge is -2.44. The van der Waals surface area contributed by atoms with Crippen LogP contribution in [0, 0.1) is 12.3 Å². The van der Waals surface area contributed by atoms with Gasteiger partial charge in [-0.15, -0.1) is 0 Å². The van der Waals surface area contributed by atoms with Crippen LogP contribution in [-0.4, -0.2) is 24.0 Å². The Balaban J connectivity index is 2.21. The third-order valence-electron chi connectivity index (χ3n) is 5.64. The fourth-order valence-electron chi connectivity index (χ4n) is 3.54. The molecular weight excluding hydrogens is 256 g/mol. The van der Waals surface area contributed by atoms with Crippen molar-refractivity contribution in [3.63, 3.8) is 0 Å². The monoisotopic (exact) mass is 288 g/mol. The number of rotatable bonds is 5. The molecule has 2 atom stereocenters. The predicted octanol–water partition coefficient (Wildman–Crippen LogP) is 4.29. The van der Waals surface area contributed by atoms with E-state index in [0.717, 1.165) is 6.42 Å². The number of nitrogens with two attached hydrogens (primary N) is 1. The first-order valence-corrected chi connectivity index (χ1v) is 8.56. The number of benzene rings is 1. The molecule has 0 aliphatic carbocycles. The lowest BCUT2D eigenvalue weighted by atomic mass is 9.77. The van der Waals surface area contributed by atoms with Crippen LogP contribution < -0.4 is 5.73 Å². The summed E-state index contributed by atoms with van der Waals surface area (Å²) in [7, 11) is 0. The molecule has 2 rings (SSSR count). The summed E-state index contributed by atoms with van der Waals surface area (Å²) >= 11 is 0. The van der Waals surface area contributed by atoms with Gasteiger partial charge in [0, 0.05) is 6.04 Å². The Kier molecular flexibility index (Phi) is 5.45. The van der Waals surface area contributed by atoms with Gasteiger partial charge in [0.05, 0.1) is 6.04 Å². The van der Waals surface area contributed by atoms with Crippen molar-refractivity contribution in [1.29, 1.82) is 0 Å². The maximum absolute atomic E-state index is 6.51. The average molecular weight is 288 g/mol. The minimum atomic E-state index is 0.220. The van der Waals surface area contributed by atoms with Crippen LogP contribution in [0.2, 0.25) is 0 Å². The molecule has 0 radical (unpaired) electrons. The Morgan fingerprint density at radius 3 is 2.33 bits per heavy atom. The van der Waals surface area contributed by atoms with E-state index in [4.69, 9.17) is 5.73 Å². The normalized spacial score (nSPS) is 22.0. The SMILES string of the molecule is CCC(N)C(c1ccccc1C)N1CCC(C)(CC)CC1. The number of piperidine rings is 1. The molecule has 0 bridgehead atoms. The minimum absolute atomic E-state index is 0.220. The molecule has 1 aromatic rings. The zero-order chi connectivity index (χ0) is 15.5. The predicted molar refractivity (Wildman–Crippen MR) is 91.4 cm³/mol. The zero-order valence-electron chi connectivity index (χ0n) is 14.2. The molecule has 0 spiro atoms. The van der Waals surface area contributed by atoms with E-state index in [0.29, 0.717) is 11.5 Å². The summed E-state index contributed by atoms with van der Waals surface area (Å²) in [6.45, 7) is 11.5. The van der Waals surface area contributed by atoms with Crippen molar-refractivity contribution in [3.8, 4) is 0 Å². The molecule has 1 aliphatic heterocycles. The zero-order valence-corrected chi connectivity index (χ0v) is 14.2. The van der Waals surface area contributed by atoms with E-state index in [2.05, 4.69) is 56.9 Å². The molecule has 0 saturated carbocycles. The van der Waals surface area contributed by atoms with Gasteiger partial charge in [-0.3, -0.25) is 4.90 Å². The van der Waals surface area contributed by atoms with Crippen molar-refractivity contribution in [2.45, 2.75) is 65.5 Å². The van der Waals surface area contributed by atoms with Crippen LogP contribution in [0.3, 0.4) is 0 Å². The van der Waals surface area contributed by atoms with Crippen molar-refractivity contribution < 1.29 is 0 Å². The smallest absolute Gasteiger partial charge is 0.0501 e. The molecule has 1 saturated heterocycles.